The number of nitrogens with two attached hydrogens (primary N) is 1. The average Bonchev–Trinajstić information content (AvgIpc) is 1.98. The van der Waals surface area contributed by atoms with Gasteiger partial charge in [-0.15, -0.1) is 0 Å². The summed E-state index contributed by atoms with van der Waals surface area (Å²) in [5.74, 6) is 1.25. The van der Waals surface area contributed by atoms with Crippen LogP contribution in [0.2, 0.25) is 0 Å². The molecule has 0 fully saturated rings. The second kappa shape index (κ2) is 4.80. The first-order valence-electron chi connectivity index (χ1n) is 4.13. The molecule has 70 valence electrons. The maximum Gasteiger partial charge on any atom is 0.156 e. The van der Waals surface area contributed by atoms with E-state index in [1.807, 2.05) is 27.7 Å². The summed E-state index contributed by atoms with van der Waals surface area (Å²) in [6.45, 7) is 11.3. The normalized spacial score (nSPS) is 13.2. The van der Waals surface area contributed by atoms with Crippen LogP contribution in [-0.4, -0.2) is 6.72 Å². The number of hydrogen-bond donors (Lipinski definition) is 1. The van der Waals surface area contributed by atoms with Crippen LogP contribution in [0.1, 0.15) is 27.7 Å². The number of rotatable bonds is 4. The molecule has 0 rings (SSSR count). The number of hydrogen-bond acceptors (Lipinski definition) is 3. The summed E-state index contributed by atoms with van der Waals surface area (Å²) in [5, 5.41) is 3.37. The summed E-state index contributed by atoms with van der Waals surface area (Å²) in [6.07, 6.45) is 0. The molecule has 2 N–H and O–H groups in total. The predicted molar refractivity (Wildman–Crippen MR) is 51.5 cm³/mol. The summed E-state index contributed by atoms with van der Waals surface area (Å²) in [5.41, 5.74) is 6.56. The standard InChI is InChI=1S/C9H18N2O/c1-6(2)8(10)9(7(3)4)12-11-5/h6-7H,5,10H2,1-4H3/b9-8-. The molecule has 0 heterocycles. The van der Waals surface area contributed by atoms with Gasteiger partial charge in [-0.2, -0.15) is 0 Å². The molecule has 0 aliphatic heterocycles. The minimum absolute atomic E-state index is 0.248. The molecule has 3 heteroatoms. The van der Waals surface area contributed by atoms with E-state index in [2.05, 4.69) is 11.9 Å². The summed E-state index contributed by atoms with van der Waals surface area (Å²) < 4.78 is 0. The van der Waals surface area contributed by atoms with Crippen LogP contribution in [0.5, 0.6) is 0 Å². The van der Waals surface area contributed by atoms with Crippen LogP contribution in [0.25, 0.3) is 0 Å². The van der Waals surface area contributed by atoms with E-state index >= 15 is 0 Å². The molecule has 12 heavy (non-hydrogen) atoms. The van der Waals surface area contributed by atoms with Gasteiger partial charge in [0.1, 0.15) is 0 Å². The highest BCUT2D eigenvalue weighted by Gasteiger charge is 2.12. The van der Waals surface area contributed by atoms with E-state index < -0.39 is 0 Å². The topological polar surface area (TPSA) is 47.6 Å². The Hall–Kier alpha value is -0.990. The van der Waals surface area contributed by atoms with Crippen molar-refractivity contribution >= 4 is 6.72 Å². The summed E-state index contributed by atoms with van der Waals surface area (Å²) in [6, 6.07) is 0. The molecule has 0 bridgehead atoms. The lowest BCUT2D eigenvalue weighted by Gasteiger charge is -2.14. The zero-order valence-electron chi connectivity index (χ0n) is 8.29. The van der Waals surface area contributed by atoms with E-state index in [9.17, 15) is 0 Å². The molecule has 0 aliphatic carbocycles. The van der Waals surface area contributed by atoms with E-state index in [4.69, 9.17) is 10.6 Å². The van der Waals surface area contributed by atoms with Crippen molar-refractivity contribution in [1.29, 1.82) is 0 Å². The van der Waals surface area contributed by atoms with Gasteiger partial charge in [-0.3, -0.25) is 0 Å². The first-order chi connectivity index (χ1) is 5.50. The molecule has 0 aliphatic rings. The highest BCUT2D eigenvalue weighted by Crippen LogP contribution is 2.18. The van der Waals surface area contributed by atoms with Crippen LogP contribution in [0.4, 0.5) is 0 Å². The Morgan fingerprint density at radius 1 is 1.25 bits per heavy atom. The van der Waals surface area contributed by atoms with Crippen molar-refractivity contribution in [2.75, 3.05) is 0 Å². The van der Waals surface area contributed by atoms with Crippen molar-refractivity contribution < 1.29 is 4.84 Å². The Kier molecular flexibility index (Phi) is 4.40. The largest absolute Gasteiger partial charge is 0.399 e. The molecule has 0 atom stereocenters. The van der Waals surface area contributed by atoms with Gasteiger partial charge in [-0.25, -0.2) is 0 Å². The van der Waals surface area contributed by atoms with Crippen molar-refractivity contribution in [2.45, 2.75) is 27.7 Å². The molecule has 0 saturated heterocycles. The monoisotopic (exact) mass is 170 g/mol. The predicted octanol–water partition coefficient (Wildman–Crippen LogP) is 2.10. The van der Waals surface area contributed by atoms with Crippen LogP contribution >= 0.6 is 0 Å². The Labute approximate surface area is 74.3 Å². The minimum atomic E-state index is 0.248. The molecule has 0 aromatic carbocycles. The van der Waals surface area contributed by atoms with Gasteiger partial charge in [0.05, 0.1) is 5.70 Å². The molecule has 3 nitrogen and oxygen atoms in total. The lowest BCUT2D eigenvalue weighted by Crippen LogP contribution is -2.13. The van der Waals surface area contributed by atoms with Gasteiger partial charge in [-0.1, -0.05) is 32.9 Å². The van der Waals surface area contributed by atoms with Gasteiger partial charge in [-0.05, 0) is 5.92 Å². The van der Waals surface area contributed by atoms with Crippen molar-refractivity contribution in [3.8, 4) is 0 Å². The van der Waals surface area contributed by atoms with E-state index in [-0.39, 0.29) is 11.8 Å². The summed E-state index contributed by atoms with van der Waals surface area (Å²) in [7, 11) is 0. The third-order valence-electron chi connectivity index (χ3n) is 1.59. The summed E-state index contributed by atoms with van der Waals surface area (Å²) >= 11 is 0. The fourth-order valence-corrected chi connectivity index (χ4v) is 0.846. The van der Waals surface area contributed by atoms with Crippen molar-refractivity contribution in [3.05, 3.63) is 11.5 Å². The highest BCUT2D eigenvalue weighted by atomic mass is 16.6. The molecule has 0 amide bonds. The van der Waals surface area contributed by atoms with Gasteiger partial charge in [0.25, 0.3) is 0 Å². The van der Waals surface area contributed by atoms with Crippen molar-refractivity contribution in [2.24, 2.45) is 22.7 Å². The average molecular weight is 170 g/mol. The van der Waals surface area contributed by atoms with Crippen LogP contribution < -0.4 is 5.73 Å². The Morgan fingerprint density at radius 2 is 1.75 bits per heavy atom. The third-order valence-corrected chi connectivity index (χ3v) is 1.59. The number of allylic oxidation sites excluding steroid dienone is 2. The number of nitrogens with zero attached hydrogens (tertiary/aromatic N) is 1. The SMILES string of the molecule is C=NO/C(=C(\N)C(C)C)C(C)C. The van der Waals surface area contributed by atoms with E-state index in [1.54, 1.807) is 0 Å². The van der Waals surface area contributed by atoms with Gasteiger partial charge >= 0.3 is 0 Å². The smallest absolute Gasteiger partial charge is 0.156 e. The molecule has 0 saturated carbocycles. The Bertz CT molecular complexity index is 183. The zero-order valence-corrected chi connectivity index (χ0v) is 8.29. The van der Waals surface area contributed by atoms with Crippen LogP contribution in [0.3, 0.4) is 0 Å². The molecule has 0 unspecified atom stereocenters. The Balaban J connectivity index is 4.66. The molecular formula is C9H18N2O. The van der Waals surface area contributed by atoms with Crippen LogP contribution in [0.15, 0.2) is 16.6 Å². The molecule has 0 radical (unpaired) electrons. The maximum absolute atomic E-state index is 5.81. The summed E-state index contributed by atoms with van der Waals surface area (Å²) in [4.78, 5) is 5.00. The molecule has 0 aromatic heterocycles. The number of oxime groups is 1. The van der Waals surface area contributed by atoms with Crippen molar-refractivity contribution in [3.63, 3.8) is 0 Å². The third kappa shape index (κ3) is 2.95. The highest BCUT2D eigenvalue weighted by molar-refractivity contribution is 5.22. The van der Waals surface area contributed by atoms with Gasteiger partial charge in [0.2, 0.25) is 0 Å². The van der Waals surface area contributed by atoms with E-state index in [0.29, 0.717) is 0 Å². The lowest BCUT2D eigenvalue weighted by atomic mass is 10.0. The first-order valence-corrected chi connectivity index (χ1v) is 4.13. The molecule has 0 aromatic rings. The molecule has 0 spiro atoms. The first kappa shape index (κ1) is 11.0. The lowest BCUT2D eigenvalue weighted by molar-refractivity contribution is 0.192. The Morgan fingerprint density at radius 3 is 2.00 bits per heavy atom. The van der Waals surface area contributed by atoms with Crippen LogP contribution in [0, 0.1) is 11.8 Å². The second-order valence-corrected chi connectivity index (χ2v) is 3.35. The fourth-order valence-electron chi connectivity index (χ4n) is 0.846. The van der Waals surface area contributed by atoms with Gasteiger partial charge in [0, 0.05) is 12.6 Å². The van der Waals surface area contributed by atoms with Gasteiger partial charge in [0.15, 0.2) is 5.76 Å². The zero-order chi connectivity index (χ0) is 9.72. The molecular weight excluding hydrogens is 152 g/mol. The second-order valence-electron chi connectivity index (χ2n) is 3.35. The van der Waals surface area contributed by atoms with Gasteiger partial charge < -0.3 is 10.6 Å². The maximum atomic E-state index is 5.81. The van der Waals surface area contributed by atoms with Crippen LogP contribution in [-0.2, 0) is 4.84 Å². The quantitative estimate of drug-likeness (QED) is 0.399. The van der Waals surface area contributed by atoms with E-state index in [1.165, 1.54) is 0 Å². The van der Waals surface area contributed by atoms with E-state index in [0.717, 1.165) is 11.5 Å². The minimum Gasteiger partial charge on any atom is -0.399 e. The fraction of sp³-hybridized carbons (Fsp3) is 0.667. The van der Waals surface area contributed by atoms with Crippen molar-refractivity contribution in [1.82, 2.24) is 0 Å².